The minimum absolute atomic E-state index is 0.0654. The van der Waals surface area contributed by atoms with Gasteiger partial charge >= 0.3 is 5.97 Å². The second kappa shape index (κ2) is 7.28. The predicted molar refractivity (Wildman–Crippen MR) is 105 cm³/mol. The van der Waals surface area contributed by atoms with Crippen LogP contribution < -0.4 is 0 Å². The summed E-state index contributed by atoms with van der Waals surface area (Å²) in [5.41, 5.74) is 1.60. The Morgan fingerprint density at radius 1 is 1.35 bits per heavy atom. The lowest BCUT2D eigenvalue weighted by Crippen LogP contribution is -2.34. The molecule has 3 rings (SSSR count). The Kier molecular flexibility index (Phi) is 5.24. The smallest absolute Gasteiger partial charge is 0.325 e. The highest BCUT2D eigenvalue weighted by Gasteiger charge is 2.36. The summed E-state index contributed by atoms with van der Waals surface area (Å²) in [7, 11) is 1.34. The summed E-state index contributed by atoms with van der Waals surface area (Å²) in [5, 5.41) is 0.607. The van der Waals surface area contributed by atoms with E-state index in [-0.39, 0.29) is 29.7 Å². The maximum Gasteiger partial charge on any atom is 0.325 e. The number of rotatable bonds is 4. The topological polar surface area (TPSA) is 68.6 Å². The SMILES string of the molecule is COC(=O)Cn1cc(/C=C2\SC(=O)N(C(C)C)C2=O)c2cc(Br)ccc21. The molecule has 1 aromatic carbocycles. The summed E-state index contributed by atoms with van der Waals surface area (Å²) in [5.74, 6) is -0.657. The molecular weight excluding hydrogens is 420 g/mol. The molecule has 2 heterocycles. The fraction of sp³-hybridized carbons (Fsp3) is 0.278. The number of methoxy groups -OCH3 is 1. The van der Waals surface area contributed by atoms with Crippen molar-refractivity contribution in [1.29, 1.82) is 0 Å². The van der Waals surface area contributed by atoms with Crippen LogP contribution in [0.3, 0.4) is 0 Å². The zero-order valence-electron chi connectivity index (χ0n) is 14.5. The number of benzene rings is 1. The van der Waals surface area contributed by atoms with Crippen LogP contribution in [0.5, 0.6) is 0 Å². The second-order valence-corrected chi connectivity index (χ2v) is 8.00. The van der Waals surface area contributed by atoms with Crippen molar-refractivity contribution in [2.75, 3.05) is 7.11 Å². The monoisotopic (exact) mass is 436 g/mol. The molecule has 0 aliphatic carbocycles. The molecule has 1 saturated heterocycles. The van der Waals surface area contributed by atoms with E-state index in [9.17, 15) is 14.4 Å². The minimum Gasteiger partial charge on any atom is -0.468 e. The predicted octanol–water partition coefficient (Wildman–Crippen LogP) is 4.02. The van der Waals surface area contributed by atoms with Crippen LogP contribution in [0.4, 0.5) is 4.79 Å². The summed E-state index contributed by atoms with van der Waals surface area (Å²) in [6.45, 7) is 3.67. The van der Waals surface area contributed by atoms with Gasteiger partial charge < -0.3 is 9.30 Å². The number of carbonyl (C=O) groups is 3. The van der Waals surface area contributed by atoms with Crippen LogP contribution in [0.15, 0.2) is 33.8 Å². The molecule has 1 aliphatic heterocycles. The molecular formula is C18H17BrN2O4S. The van der Waals surface area contributed by atoms with Crippen LogP contribution in [0.25, 0.3) is 17.0 Å². The van der Waals surface area contributed by atoms with Gasteiger partial charge in [0.25, 0.3) is 11.1 Å². The van der Waals surface area contributed by atoms with Crippen LogP contribution >= 0.6 is 27.7 Å². The lowest BCUT2D eigenvalue weighted by molar-refractivity contribution is -0.141. The number of ether oxygens (including phenoxy) is 1. The van der Waals surface area contributed by atoms with Gasteiger partial charge in [-0.25, -0.2) is 0 Å². The summed E-state index contributed by atoms with van der Waals surface area (Å²) in [4.78, 5) is 37.9. The lowest BCUT2D eigenvalue weighted by Gasteiger charge is -2.16. The van der Waals surface area contributed by atoms with E-state index < -0.39 is 0 Å². The lowest BCUT2D eigenvalue weighted by atomic mass is 10.1. The Morgan fingerprint density at radius 2 is 2.08 bits per heavy atom. The van der Waals surface area contributed by atoms with Crippen molar-refractivity contribution < 1.29 is 19.1 Å². The standard InChI is InChI=1S/C18H17BrN2O4S/c1-10(2)21-17(23)15(26-18(21)24)6-11-8-20(9-16(22)25-3)14-5-4-12(19)7-13(11)14/h4-8,10H,9H2,1-3H3/b15-6-. The van der Waals surface area contributed by atoms with Gasteiger partial charge in [-0.1, -0.05) is 15.9 Å². The van der Waals surface area contributed by atoms with E-state index in [4.69, 9.17) is 4.74 Å². The summed E-state index contributed by atoms with van der Waals surface area (Å²) < 4.78 is 7.40. The van der Waals surface area contributed by atoms with E-state index in [1.54, 1.807) is 30.7 Å². The average Bonchev–Trinajstić information content (AvgIpc) is 3.04. The molecule has 8 heteroatoms. The molecule has 0 saturated carbocycles. The highest BCUT2D eigenvalue weighted by molar-refractivity contribution is 9.10. The van der Waals surface area contributed by atoms with E-state index >= 15 is 0 Å². The van der Waals surface area contributed by atoms with E-state index in [1.165, 1.54) is 12.0 Å². The maximum atomic E-state index is 12.5. The highest BCUT2D eigenvalue weighted by atomic mass is 79.9. The van der Waals surface area contributed by atoms with Gasteiger partial charge in [-0.15, -0.1) is 0 Å². The van der Waals surface area contributed by atoms with E-state index in [0.29, 0.717) is 4.91 Å². The molecule has 0 atom stereocenters. The van der Waals surface area contributed by atoms with E-state index in [2.05, 4.69) is 15.9 Å². The number of carbonyl (C=O) groups excluding carboxylic acids is 3. The van der Waals surface area contributed by atoms with Gasteiger partial charge in [0, 0.05) is 33.2 Å². The Labute approximate surface area is 163 Å². The number of esters is 1. The van der Waals surface area contributed by atoms with Crippen molar-refractivity contribution in [3.05, 3.63) is 39.3 Å². The molecule has 0 N–H and O–H groups in total. The molecule has 2 amide bonds. The van der Waals surface area contributed by atoms with Gasteiger partial charge in [0.05, 0.1) is 12.0 Å². The molecule has 1 fully saturated rings. The number of nitrogens with zero attached hydrogens (tertiary/aromatic N) is 2. The number of fused-ring (bicyclic) bond motifs is 1. The van der Waals surface area contributed by atoms with Gasteiger partial charge in [0.2, 0.25) is 0 Å². The van der Waals surface area contributed by atoms with Gasteiger partial charge in [0.15, 0.2) is 0 Å². The van der Waals surface area contributed by atoms with Crippen LogP contribution in [-0.2, 0) is 20.9 Å². The van der Waals surface area contributed by atoms with E-state index in [0.717, 1.165) is 32.7 Å². The molecule has 1 aromatic heterocycles. The third-order valence-electron chi connectivity index (χ3n) is 4.03. The summed E-state index contributed by atoms with van der Waals surface area (Å²) >= 11 is 4.38. The Morgan fingerprint density at radius 3 is 2.69 bits per heavy atom. The van der Waals surface area contributed by atoms with Crippen molar-refractivity contribution in [3.63, 3.8) is 0 Å². The fourth-order valence-electron chi connectivity index (χ4n) is 2.81. The third-order valence-corrected chi connectivity index (χ3v) is 5.40. The number of aromatic nitrogens is 1. The first-order chi connectivity index (χ1) is 12.3. The van der Waals surface area contributed by atoms with Crippen molar-refractivity contribution in [2.45, 2.75) is 26.4 Å². The van der Waals surface area contributed by atoms with Crippen molar-refractivity contribution in [3.8, 4) is 0 Å². The number of halogens is 1. The van der Waals surface area contributed by atoms with E-state index in [1.807, 2.05) is 18.2 Å². The van der Waals surface area contributed by atoms with Gasteiger partial charge in [-0.3, -0.25) is 19.3 Å². The highest BCUT2D eigenvalue weighted by Crippen LogP contribution is 2.35. The molecule has 0 radical (unpaired) electrons. The van der Waals surface area contributed by atoms with Crippen LogP contribution in [0.1, 0.15) is 19.4 Å². The quantitative estimate of drug-likeness (QED) is 0.534. The summed E-state index contributed by atoms with van der Waals surface area (Å²) in [6.07, 6.45) is 3.49. The summed E-state index contributed by atoms with van der Waals surface area (Å²) in [6, 6.07) is 5.50. The first-order valence-corrected chi connectivity index (χ1v) is 9.55. The number of thioether (sulfide) groups is 1. The van der Waals surface area contributed by atoms with Crippen molar-refractivity contribution in [2.24, 2.45) is 0 Å². The van der Waals surface area contributed by atoms with Crippen molar-refractivity contribution >= 4 is 61.8 Å². The molecule has 0 spiro atoms. The fourth-order valence-corrected chi connectivity index (χ4v) is 4.13. The average molecular weight is 437 g/mol. The number of hydrogen-bond acceptors (Lipinski definition) is 5. The molecule has 0 bridgehead atoms. The molecule has 1 aliphatic rings. The van der Waals surface area contributed by atoms with Crippen molar-refractivity contribution in [1.82, 2.24) is 9.47 Å². The number of amides is 2. The maximum absolute atomic E-state index is 12.5. The number of imide groups is 1. The molecule has 2 aromatic rings. The zero-order valence-corrected chi connectivity index (χ0v) is 16.9. The molecule has 26 heavy (non-hydrogen) atoms. The minimum atomic E-state index is -0.364. The van der Waals surface area contributed by atoms with Gasteiger partial charge in [-0.05, 0) is 49.9 Å². The third kappa shape index (κ3) is 3.43. The Bertz CT molecular complexity index is 948. The first kappa shape index (κ1) is 18.7. The van der Waals surface area contributed by atoms with Crippen LogP contribution in [0, 0.1) is 0 Å². The second-order valence-electron chi connectivity index (χ2n) is 6.10. The first-order valence-electron chi connectivity index (χ1n) is 7.94. The van der Waals surface area contributed by atoms with Crippen LogP contribution in [0.2, 0.25) is 0 Å². The zero-order chi connectivity index (χ0) is 19.0. The molecule has 0 unspecified atom stereocenters. The molecule has 136 valence electrons. The Balaban J connectivity index is 2.08. The molecule has 6 nitrogen and oxygen atoms in total. The largest absolute Gasteiger partial charge is 0.468 e. The number of hydrogen-bond donors (Lipinski definition) is 0. The van der Waals surface area contributed by atoms with Gasteiger partial charge in [-0.2, -0.15) is 0 Å². The Hall–Kier alpha value is -2.06. The van der Waals surface area contributed by atoms with Gasteiger partial charge in [0.1, 0.15) is 6.54 Å². The van der Waals surface area contributed by atoms with Crippen LogP contribution in [-0.4, -0.2) is 39.7 Å². The normalized spacial score (nSPS) is 16.3.